The second kappa shape index (κ2) is 12.2. The van der Waals surface area contributed by atoms with E-state index in [0.717, 1.165) is 0 Å². The summed E-state index contributed by atoms with van der Waals surface area (Å²) in [5, 5.41) is 18.9. The van der Waals surface area contributed by atoms with Gasteiger partial charge in [0, 0.05) is 0 Å². The number of benzene rings is 4. The fraction of sp³-hybridized carbons (Fsp3) is 0.172. The van der Waals surface area contributed by atoms with Crippen LogP contribution in [0.5, 0.6) is 23.0 Å². The molecule has 4 aromatic carbocycles. The van der Waals surface area contributed by atoms with Gasteiger partial charge in [-0.2, -0.15) is 0 Å². The van der Waals surface area contributed by atoms with Crippen molar-refractivity contribution in [3.05, 3.63) is 97.1 Å². The molecule has 0 heterocycles. The molecule has 0 aliphatic carbocycles. The molecule has 0 aliphatic rings. The van der Waals surface area contributed by atoms with E-state index in [0.29, 0.717) is 19.3 Å². The van der Waals surface area contributed by atoms with Crippen molar-refractivity contribution < 1.29 is 36.5 Å². The molecule has 0 saturated carbocycles. The zero-order valence-corrected chi connectivity index (χ0v) is 22.6. The van der Waals surface area contributed by atoms with Gasteiger partial charge in [-0.05, 0) is 92.1 Å². The van der Waals surface area contributed by atoms with Crippen molar-refractivity contribution in [2.75, 3.05) is 13.2 Å². The maximum absolute atomic E-state index is 13.0. The Balaban J connectivity index is 1.30. The molecule has 0 unspecified atom stereocenters. The third-order valence-electron chi connectivity index (χ3n) is 5.88. The van der Waals surface area contributed by atoms with Crippen molar-refractivity contribution in [3.63, 3.8) is 0 Å². The number of phenols is 2. The van der Waals surface area contributed by atoms with Gasteiger partial charge in [0.15, 0.2) is 0 Å². The van der Waals surface area contributed by atoms with Crippen molar-refractivity contribution in [2.24, 2.45) is 0 Å². The highest BCUT2D eigenvalue weighted by Crippen LogP contribution is 2.31. The van der Waals surface area contributed by atoms with Crippen LogP contribution in [0.25, 0.3) is 0 Å². The highest BCUT2D eigenvalue weighted by atomic mass is 32.2. The average Bonchev–Trinajstić information content (AvgIpc) is 2.93. The second-order valence-electron chi connectivity index (χ2n) is 8.65. The Morgan fingerprint density at radius 2 is 0.846 bits per heavy atom. The zero-order chi connectivity index (χ0) is 27.9. The summed E-state index contributed by atoms with van der Waals surface area (Å²) in [6, 6.07) is 23.4. The minimum absolute atomic E-state index is 0.0232. The molecule has 0 radical (unpaired) electrons. The minimum Gasteiger partial charge on any atom is -0.508 e. The summed E-state index contributed by atoms with van der Waals surface area (Å²) < 4.78 is 63.8. The van der Waals surface area contributed by atoms with Crippen LogP contribution in [0, 0.1) is 0 Å². The lowest BCUT2D eigenvalue weighted by Gasteiger charge is -2.13. The molecule has 10 heteroatoms. The van der Waals surface area contributed by atoms with Crippen molar-refractivity contribution in [2.45, 2.75) is 38.8 Å². The molecule has 0 saturated heterocycles. The van der Waals surface area contributed by atoms with Crippen LogP contribution in [-0.4, -0.2) is 40.3 Å². The van der Waals surface area contributed by atoms with E-state index in [9.17, 15) is 27.0 Å². The number of ether oxygens (including phenoxy) is 2. The Bertz CT molecular complexity index is 1490. The first kappa shape index (κ1) is 28.0. The quantitative estimate of drug-likeness (QED) is 0.218. The Morgan fingerprint density at radius 3 is 1.23 bits per heavy atom. The first-order valence-corrected chi connectivity index (χ1v) is 15.2. The van der Waals surface area contributed by atoms with Crippen molar-refractivity contribution in [1.29, 1.82) is 0 Å². The number of hydrogen-bond acceptors (Lipinski definition) is 8. The predicted molar refractivity (Wildman–Crippen MR) is 145 cm³/mol. The number of para-hydroxylation sites is 2. The standard InChI is InChI=1S/C29H28O8S2/c30-22-12-16-24(17-13-22)38(32,33)28-10-4-2-8-26(28)36-20-6-1-7-21-37-27-9-3-5-11-29(27)39(34,35)25-18-14-23(31)15-19-25/h2-5,8-19,30-31H,1,6-7,20-21H2. The van der Waals surface area contributed by atoms with Gasteiger partial charge < -0.3 is 19.7 Å². The summed E-state index contributed by atoms with van der Waals surface area (Å²) in [6.45, 7) is 0.571. The number of sulfone groups is 2. The van der Waals surface area contributed by atoms with Gasteiger partial charge in [0.25, 0.3) is 0 Å². The first-order chi connectivity index (χ1) is 18.7. The molecular formula is C29H28O8S2. The van der Waals surface area contributed by atoms with E-state index in [4.69, 9.17) is 9.47 Å². The lowest BCUT2D eigenvalue weighted by Crippen LogP contribution is -2.08. The third-order valence-corrected chi connectivity index (χ3v) is 9.49. The van der Waals surface area contributed by atoms with Crippen LogP contribution >= 0.6 is 0 Å². The van der Waals surface area contributed by atoms with Crippen molar-refractivity contribution in [1.82, 2.24) is 0 Å². The molecule has 0 aliphatic heterocycles. The van der Waals surface area contributed by atoms with Crippen LogP contribution in [-0.2, 0) is 19.7 Å². The van der Waals surface area contributed by atoms with Gasteiger partial charge in [-0.25, -0.2) is 16.8 Å². The number of aromatic hydroxyl groups is 2. The highest BCUT2D eigenvalue weighted by Gasteiger charge is 2.23. The van der Waals surface area contributed by atoms with Crippen LogP contribution < -0.4 is 9.47 Å². The summed E-state index contributed by atoms with van der Waals surface area (Å²) in [5.74, 6) is 0.445. The monoisotopic (exact) mass is 568 g/mol. The molecule has 0 amide bonds. The molecule has 8 nitrogen and oxygen atoms in total. The van der Waals surface area contributed by atoms with Crippen LogP contribution in [0.1, 0.15) is 19.3 Å². The Hall–Kier alpha value is -4.02. The van der Waals surface area contributed by atoms with E-state index in [1.165, 1.54) is 60.7 Å². The zero-order valence-electron chi connectivity index (χ0n) is 20.9. The van der Waals surface area contributed by atoms with Gasteiger partial charge in [0.2, 0.25) is 19.7 Å². The van der Waals surface area contributed by atoms with Crippen LogP contribution in [0.4, 0.5) is 0 Å². The van der Waals surface area contributed by atoms with Gasteiger partial charge in [0.05, 0.1) is 23.0 Å². The lowest BCUT2D eigenvalue weighted by atomic mass is 10.2. The molecule has 0 fully saturated rings. The summed E-state index contributed by atoms with van der Waals surface area (Å²) in [6.07, 6.45) is 1.97. The lowest BCUT2D eigenvalue weighted by molar-refractivity contribution is 0.273. The van der Waals surface area contributed by atoms with Crippen LogP contribution in [0.15, 0.2) is 117 Å². The third kappa shape index (κ3) is 6.71. The van der Waals surface area contributed by atoms with Gasteiger partial charge in [-0.3, -0.25) is 0 Å². The SMILES string of the molecule is O=S(=O)(c1ccc(O)cc1)c1ccccc1OCCCCCOc1ccccc1S(=O)(=O)c1ccc(O)cc1. The summed E-state index contributed by atoms with van der Waals surface area (Å²) in [5.41, 5.74) is 0. The molecule has 2 N–H and O–H groups in total. The topological polar surface area (TPSA) is 127 Å². The Morgan fingerprint density at radius 1 is 0.487 bits per heavy atom. The fourth-order valence-corrected chi connectivity index (χ4v) is 6.63. The van der Waals surface area contributed by atoms with E-state index >= 15 is 0 Å². The van der Waals surface area contributed by atoms with Crippen molar-refractivity contribution in [3.8, 4) is 23.0 Å². The summed E-state index contributed by atoms with van der Waals surface area (Å²) >= 11 is 0. The maximum Gasteiger partial charge on any atom is 0.210 e. The van der Waals surface area contributed by atoms with E-state index in [-0.39, 0.29) is 55.8 Å². The molecule has 4 aromatic rings. The van der Waals surface area contributed by atoms with Crippen molar-refractivity contribution >= 4 is 19.7 Å². The Labute approximate surface area is 227 Å². The highest BCUT2D eigenvalue weighted by molar-refractivity contribution is 7.92. The van der Waals surface area contributed by atoms with E-state index in [2.05, 4.69) is 0 Å². The van der Waals surface area contributed by atoms with E-state index < -0.39 is 19.7 Å². The molecule has 4 rings (SSSR count). The van der Waals surface area contributed by atoms with Crippen LogP contribution in [0.2, 0.25) is 0 Å². The fourth-order valence-electron chi connectivity index (χ4n) is 3.83. The molecule has 0 bridgehead atoms. The molecule has 0 aromatic heterocycles. The van der Waals surface area contributed by atoms with Gasteiger partial charge in [-0.1, -0.05) is 24.3 Å². The first-order valence-electron chi connectivity index (χ1n) is 12.2. The Kier molecular flexibility index (Phi) is 8.78. The molecule has 39 heavy (non-hydrogen) atoms. The largest absolute Gasteiger partial charge is 0.508 e. The molecule has 204 valence electrons. The molecule has 0 spiro atoms. The average molecular weight is 569 g/mol. The minimum atomic E-state index is -3.82. The number of phenolic OH excluding ortho intramolecular Hbond substituents is 2. The normalized spacial score (nSPS) is 11.7. The smallest absolute Gasteiger partial charge is 0.210 e. The summed E-state index contributed by atoms with van der Waals surface area (Å²) in [7, 11) is -7.65. The summed E-state index contributed by atoms with van der Waals surface area (Å²) in [4.78, 5) is 0.207. The molecular weight excluding hydrogens is 540 g/mol. The second-order valence-corrected chi connectivity index (χ2v) is 12.5. The molecule has 0 atom stereocenters. The van der Waals surface area contributed by atoms with Gasteiger partial charge in [-0.15, -0.1) is 0 Å². The predicted octanol–water partition coefficient (Wildman–Crippen LogP) is 5.39. The number of hydrogen-bond donors (Lipinski definition) is 2. The van der Waals surface area contributed by atoms with Gasteiger partial charge >= 0.3 is 0 Å². The number of rotatable bonds is 12. The van der Waals surface area contributed by atoms with E-state index in [1.54, 1.807) is 36.4 Å². The van der Waals surface area contributed by atoms with Gasteiger partial charge in [0.1, 0.15) is 32.8 Å². The number of unbranched alkanes of at least 4 members (excludes halogenated alkanes) is 2. The van der Waals surface area contributed by atoms with Crippen LogP contribution in [0.3, 0.4) is 0 Å². The maximum atomic E-state index is 13.0. The van der Waals surface area contributed by atoms with E-state index in [1.807, 2.05) is 0 Å².